The van der Waals surface area contributed by atoms with Crippen LogP contribution in [0.15, 0.2) is 22.3 Å². The van der Waals surface area contributed by atoms with Gasteiger partial charge in [0.2, 0.25) is 0 Å². The van der Waals surface area contributed by atoms with Crippen molar-refractivity contribution in [3.63, 3.8) is 0 Å². The van der Waals surface area contributed by atoms with Crippen LogP contribution in [0.2, 0.25) is 5.02 Å². The van der Waals surface area contributed by atoms with Gasteiger partial charge in [0.15, 0.2) is 5.75 Å². The number of urea groups is 1. The Kier molecular flexibility index (Phi) is 5.27. The molecule has 1 saturated heterocycles. The van der Waals surface area contributed by atoms with Crippen LogP contribution < -0.4 is 10.1 Å². The van der Waals surface area contributed by atoms with Crippen LogP contribution in [0.25, 0.3) is 6.08 Å². The van der Waals surface area contributed by atoms with E-state index in [4.69, 9.17) is 16.3 Å². The molecule has 0 aromatic heterocycles. The summed E-state index contributed by atoms with van der Waals surface area (Å²) in [6.07, 6.45) is 1.45. The first-order chi connectivity index (χ1) is 10.9. The third-order valence-corrected chi connectivity index (χ3v) is 3.88. The molecule has 3 amide bonds. The van der Waals surface area contributed by atoms with Gasteiger partial charge in [-0.15, -0.1) is 0 Å². The Labute approximate surface area is 145 Å². The number of nitrogens with zero attached hydrogens (tertiary/aromatic N) is 1. The van der Waals surface area contributed by atoms with E-state index in [2.05, 4.69) is 26.0 Å². The van der Waals surface area contributed by atoms with Gasteiger partial charge in [-0.1, -0.05) is 11.6 Å². The average Bonchev–Trinajstić information content (AvgIpc) is 2.74. The number of carbonyl (C=O) groups excluding carboxylic acids is 3. The molecule has 1 heterocycles. The smallest absolute Gasteiger partial charge is 0.329 e. The van der Waals surface area contributed by atoms with Gasteiger partial charge in [0.25, 0.3) is 5.91 Å². The predicted molar refractivity (Wildman–Crippen MR) is 85.9 cm³/mol. The molecule has 1 aliphatic heterocycles. The number of hydrogen-bond acceptors (Lipinski definition) is 5. The van der Waals surface area contributed by atoms with Crippen LogP contribution in [0.3, 0.4) is 0 Å². The molecule has 2 rings (SSSR count). The monoisotopic (exact) mass is 402 g/mol. The van der Waals surface area contributed by atoms with E-state index in [1.165, 1.54) is 20.3 Å². The van der Waals surface area contributed by atoms with Crippen molar-refractivity contribution in [3.05, 3.63) is 32.9 Å². The highest BCUT2D eigenvalue weighted by Crippen LogP contribution is 2.34. The molecule has 0 spiro atoms. The lowest BCUT2D eigenvalue weighted by Gasteiger charge is -2.09. The first-order valence-electron chi connectivity index (χ1n) is 6.31. The Morgan fingerprint density at radius 2 is 2.09 bits per heavy atom. The van der Waals surface area contributed by atoms with Gasteiger partial charge >= 0.3 is 12.0 Å². The molecule has 1 N–H and O–H groups in total. The van der Waals surface area contributed by atoms with E-state index in [0.29, 0.717) is 20.8 Å². The summed E-state index contributed by atoms with van der Waals surface area (Å²) in [6.45, 7) is -0.453. The third-order valence-electron chi connectivity index (χ3n) is 3.01. The third kappa shape index (κ3) is 3.65. The van der Waals surface area contributed by atoms with Crippen LogP contribution in [0.5, 0.6) is 5.75 Å². The number of carbonyl (C=O) groups is 3. The van der Waals surface area contributed by atoms with E-state index < -0.39 is 24.5 Å². The minimum Gasteiger partial charge on any atom is -0.494 e. The summed E-state index contributed by atoms with van der Waals surface area (Å²) >= 11 is 9.38. The summed E-state index contributed by atoms with van der Waals surface area (Å²) in [7, 11) is 2.66. The molecule has 0 saturated carbocycles. The summed E-state index contributed by atoms with van der Waals surface area (Å²) in [4.78, 5) is 35.9. The molecule has 0 radical (unpaired) electrons. The maximum Gasteiger partial charge on any atom is 0.329 e. The molecule has 9 heteroatoms. The van der Waals surface area contributed by atoms with E-state index in [-0.39, 0.29) is 5.70 Å². The summed E-state index contributed by atoms with van der Waals surface area (Å²) in [5.41, 5.74) is 0.610. The minimum absolute atomic E-state index is 0.0343. The highest BCUT2D eigenvalue weighted by atomic mass is 79.9. The van der Waals surface area contributed by atoms with Crippen LogP contribution in [0.4, 0.5) is 4.79 Å². The summed E-state index contributed by atoms with van der Waals surface area (Å²) in [5, 5.41) is 2.74. The van der Waals surface area contributed by atoms with Crippen LogP contribution in [-0.4, -0.2) is 43.6 Å². The van der Waals surface area contributed by atoms with Crippen LogP contribution >= 0.6 is 27.5 Å². The number of halogens is 2. The lowest BCUT2D eigenvalue weighted by molar-refractivity contribution is -0.143. The van der Waals surface area contributed by atoms with E-state index >= 15 is 0 Å². The van der Waals surface area contributed by atoms with E-state index in [1.54, 1.807) is 12.1 Å². The molecule has 1 fully saturated rings. The van der Waals surface area contributed by atoms with Crippen molar-refractivity contribution in [2.45, 2.75) is 0 Å². The molecule has 7 nitrogen and oxygen atoms in total. The van der Waals surface area contributed by atoms with E-state index in [9.17, 15) is 14.4 Å². The van der Waals surface area contributed by atoms with Gasteiger partial charge in [-0.3, -0.25) is 9.59 Å². The maximum absolute atomic E-state index is 12.2. The minimum atomic E-state index is -0.690. The molecule has 1 aliphatic rings. The Bertz CT molecular complexity index is 696. The molecule has 0 atom stereocenters. The molecule has 0 aliphatic carbocycles. The summed E-state index contributed by atoms with van der Waals surface area (Å²) < 4.78 is 10.2. The first-order valence-corrected chi connectivity index (χ1v) is 7.49. The van der Waals surface area contributed by atoms with E-state index in [0.717, 1.165) is 4.90 Å². The fraction of sp³-hybridized carbons (Fsp3) is 0.214. The van der Waals surface area contributed by atoms with Crippen molar-refractivity contribution in [3.8, 4) is 5.75 Å². The van der Waals surface area contributed by atoms with Crippen molar-refractivity contribution < 1.29 is 23.9 Å². The molecular weight excluding hydrogens is 392 g/mol. The number of imide groups is 1. The number of nitrogens with one attached hydrogen (secondary N) is 1. The molecule has 1 aromatic rings. The van der Waals surface area contributed by atoms with Gasteiger partial charge in [0, 0.05) is 0 Å². The second-order valence-corrected chi connectivity index (χ2v) is 5.73. The maximum atomic E-state index is 12.2. The van der Waals surface area contributed by atoms with Crippen LogP contribution in [0.1, 0.15) is 5.56 Å². The van der Waals surface area contributed by atoms with Gasteiger partial charge in [-0.05, 0) is 39.7 Å². The number of hydrogen-bond donors (Lipinski definition) is 1. The Hall–Kier alpha value is -2.06. The number of ether oxygens (including phenoxy) is 2. The highest BCUT2D eigenvalue weighted by Gasteiger charge is 2.35. The lowest BCUT2D eigenvalue weighted by atomic mass is 10.2. The summed E-state index contributed by atoms with van der Waals surface area (Å²) in [5.74, 6) is -0.851. The molecule has 1 aromatic carbocycles. The zero-order valence-corrected chi connectivity index (χ0v) is 14.5. The predicted octanol–water partition coefficient (Wildman–Crippen LogP) is 2.18. The van der Waals surface area contributed by atoms with Gasteiger partial charge in [0.05, 0.1) is 23.7 Å². The largest absolute Gasteiger partial charge is 0.494 e. The zero-order chi connectivity index (χ0) is 17.1. The summed E-state index contributed by atoms with van der Waals surface area (Å²) in [6, 6.07) is 2.58. The fourth-order valence-electron chi connectivity index (χ4n) is 1.93. The lowest BCUT2D eigenvalue weighted by Crippen LogP contribution is -2.36. The zero-order valence-electron chi connectivity index (χ0n) is 12.2. The van der Waals surface area contributed by atoms with Crippen molar-refractivity contribution in [1.82, 2.24) is 10.2 Å². The Morgan fingerprint density at radius 3 is 2.65 bits per heavy atom. The standard InChI is InChI=1S/C14H12BrClN2O5/c1-22-11(19)6-18-13(20)10(17-14(18)21)5-7-3-8(15)12(23-2)9(16)4-7/h3-5H,6H2,1-2H3,(H,17,21). The topological polar surface area (TPSA) is 84.9 Å². The quantitative estimate of drug-likeness (QED) is 0.473. The number of methoxy groups -OCH3 is 2. The highest BCUT2D eigenvalue weighted by molar-refractivity contribution is 9.10. The second-order valence-electron chi connectivity index (χ2n) is 4.47. The molecule has 0 bridgehead atoms. The van der Waals surface area contributed by atoms with Crippen LogP contribution in [-0.2, 0) is 14.3 Å². The number of rotatable bonds is 4. The normalized spacial score (nSPS) is 15.8. The number of benzene rings is 1. The SMILES string of the molecule is COC(=O)CN1C(=O)NC(=Cc2cc(Cl)c(OC)c(Br)c2)C1=O. The van der Waals surface area contributed by atoms with E-state index in [1.807, 2.05) is 0 Å². The van der Waals surface area contributed by atoms with Crippen molar-refractivity contribution >= 4 is 51.5 Å². The van der Waals surface area contributed by atoms with Crippen molar-refractivity contribution in [2.24, 2.45) is 0 Å². The average molecular weight is 404 g/mol. The number of esters is 1. The molecule has 0 unspecified atom stereocenters. The fourth-order valence-corrected chi connectivity index (χ4v) is 2.99. The molecule has 122 valence electrons. The van der Waals surface area contributed by atoms with Crippen LogP contribution in [0, 0.1) is 0 Å². The Morgan fingerprint density at radius 1 is 1.39 bits per heavy atom. The molecular formula is C14H12BrClN2O5. The number of amides is 3. The van der Waals surface area contributed by atoms with Gasteiger partial charge in [-0.25, -0.2) is 9.69 Å². The van der Waals surface area contributed by atoms with Crippen molar-refractivity contribution in [2.75, 3.05) is 20.8 Å². The van der Waals surface area contributed by atoms with Gasteiger partial charge in [0.1, 0.15) is 12.2 Å². The Balaban J connectivity index is 2.29. The molecule has 23 heavy (non-hydrogen) atoms. The van der Waals surface area contributed by atoms with Crippen molar-refractivity contribution in [1.29, 1.82) is 0 Å². The van der Waals surface area contributed by atoms with Gasteiger partial charge in [-0.2, -0.15) is 0 Å². The first kappa shape index (κ1) is 17.3. The van der Waals surface area contributed by atoms with Gasteiger partial charge < -0.3 is 14.8 Å². The second kappa shape index (κ2) is 7.01.